The van der Waals surface area contributed by atoms with Crippen molar-refractivity contribution in [3.05, 3.63) is 23.2 Å². The summed E-state index contributed by atoms with van der Waals surface area (Å²) in [6.45, 7) is 6.96. The fourth-order valence-electron chi connectivity index (χ4n) is 2.59. The van der Waals surface area contributed by atoms with Crippen LogP contribution in [0.5, 0.6) is 0 Å². The van der Waals surface area contributed by atoms with E-state index in [1.165, 1.54) is 0 Å². The number of amides is 1. The van der Waals surface area contributed by atoms with Gasteiger partial charge in [0.05, 0.1) is 30.0 Å². The molecule has 1 heterocycles. The number of anilines is 2. The third-order valence-corrected chi connectivity index (χ3v) is 3.90. The average Bonchev–Trinajstić information content (AvgIpc) is 2.43. The first kappa shape index (κ1) is 16.1. The molecule has 116 valence electrons. The molecule has 0 spiro atoms. The summed E-state index contributed by atoms with van der Waals surface area (Å²) in [6.07, 6.45) is 0. The lowest BCUT2D eigenvalue weighted by molar-refractivity contribution is -0.124. The minimum atomic E-state index is -0.192. The third kappa shape index (κ3) is 4.09. The number of ether oxygens (including phenoxy) is 1. The molecule has 3 N–H and O–H groups in total. The van der Waals surface area contributed by atoms with E-state index in [0.717, 1.165) is 13.1 Å². The quantitative estimate of drug-likeness (QED) is 0.837. The van der Waals surface area contributed by atoms with E-state index >= 15 is 0 Å². The number of morpholine rings is 1. The van der Waals surface area contributed by atoms with Crippen LogP contribution in [0.2, 0.25) is 5.02 Å². The second kappa shape index (κ2) is 7.11. The van der Waals surface area contributed by atoms with Gasteiger partial charge in [0.1, 0.15) is 0 Å². The first-order valence-electron chi connectivity index (χ1n) is 7.16. The van der Waals surface area contributed by atoms with E-state index in [0.29, 0.717) is 29.6 Å². The molecule has 1 aliphatic rings. The summed E-state index contributed by atoms with van der Waals surface area (Å²) in [5, 5.41) is 3.36. The van der Waals surface area contributed by atoms with Crippen LogP contribution >= 0.6 is 11.6 Å². The second-order valence-corrected chi connectivity index (χ2v) is 5.97. The molecular weight excluding hydrogens is 290 g/mol. The highest BCUT2D eigenvalue weighted by molar-refractivity contribution is 6.34. The lowest BCUT2D eigenvalue weighted by Crippen LogP contribution is -2.51. The third-order valence-electron chi connectivity index (χ3n) is 3.59. The largest absolute Gasteiger partial charge is 0.399 e. The van der Waals surface area contributed by atoms with Gasteiger partial charge in [0.15, 0.2) is 0 Å². The van der Waals surface area contributed by atoms with Crippen LogP contribution in [0.15, 0.2) is 18.2 Å². The van der Waals surface area contributed by atoms with Crippen LogP contribution in [0, 0.1) is 5.92 Å². The number of hydrogen-bond donors (Lipinski definition) is 2. The Morgan fingerprint density at radius 1 is 1.38 bits per heavy atom. The number of carbonyl (C=O) groups is 1. The van der Waals surface area contributed by atoms with Gasteiger partial charge < -0.3 is 15.8 Å². The Kier molecular flexibility index (Phi) is 5.45. The maximum absolute atomic E-state index is 12.6. The number of rotatable bonds is 4. The fraction of sp³-hybridized carbons (Fsp3) is 0.533. The normalized spacial score (nSPS) is 17.7. The van der Waals surface area contributed by atoms with Gasteiger partial charge >= 0.3 is 0 Å². The Bertz CT molecular complexity index is 502. The molecule has 1 aromatic carbocycles. The van der Waals surface area contributed by atoms with E-state index in [1.807, 2.05) is 13.8 Å². The number of benzene rings is 1. The van der Waals surface area contributed by atoms with Crippen molar-refractivity contribution in [2.75, 3.05) is 37.4 Å². The molecule has 2 rings (SSSR count). The summed E-state index contributed by atoms with van der Waals surface area (Å²) < 4.78 is 5.35. The van der Waals surface area contributed by atoms with Crippen LogP contribution in [0.1, 0.15) is 13.8 Å². The Hall–Kier alpha value is -1.30. The molecule has 0 radical (unpaired) electrons. The number of halogens is 1. The highest BCUT2D eigenvalue weighted by Crippen LogP contribution is 2.25. The number of carbonyl (C=O) groups excluding carboxylic acids is 1. The molecule has 21 heavy (non-hydrogen) atoms. The topological polar surface area (TPSA) is 67.6 Å². The SMILES string of the molecule is CC(C)C(C(=O)Nc1ccc(N)cc1Cl)N1CCOCC1. The molecule has 1 fully saturated rings. The van der Waals surface area contributed by atoms with Crippen LogP contribution in [0.4, 0.5) is 11.4 Å². The van der Waals surface area contributed by atoms with Crippen LogP contribution in [0.3, 0.4) is 0 Å². The van der Waals surface area contributed by atoms with E-state index in [-0.39, 0.29) is 17.9 Å². The minimum absolute atomic E-state index is 0.0430. The summed E-state index contributed by atoms with van der Waals surface area (Å²) in [5.74, 6) is 0.161. The first-order valence-corrected chi connectivity index (χ1v) is 7.54. The van der Waals surface area contributed by atoms with E-state index < -0.39 is 0 Å². The lowest BCUT2D eigenvalue weighted by atomic mass is 10.0. The average molecular weight is 312 g/mol. The Balaban J connectivity index is 2.11. The van der Waals surface area contributed by atoms with E-state index in [4.69, 9.17) is 22.1 Å². The van der Waals surface area contributed by atoms with Gasteiger partial charge in [-0.1, -0.05) is 25.4 Å². The number of nitrogens with zero attached hydrogens (tertiary/aromatic N) is 1. The summed E-state index contributed by atoms with van der Waals surface area (Å²) in [6, 6.07) is 4.89. The summed E-state index contributed by atoms with van der Waals surface area (Å²) in [4.78, 5) is 14.8. The van der Waals surface area contributed by atoms with Gasteiger partial charge in [-0.25, -0.2) is 0 Å². The smallest absolute Gasteiger partial charge is 0.242 e. The van der Waals surface area contributed by atoms with Gasteiger partial charge in [0, 0.05) is 18.8 Å². The number of nitrogens with one attached hydrogen (secondary N) is 1. The highest BCUT2D eigenvalue weighted by Gasteiger charge is 2.30. The molecule has 1 aromatic rings. The standard InChI is InChI=1S/C15H22ClN3O2/c1-10(2)14(19-5-7-21-8-6-19)15(20)18-13-4-3-11(17)9-12(13)16/h3-4,9-10,14H,5-8,17H2,1-2H3,(H,18,20). The van der Waals surface area contributed by atoms with E-state index in [9.17, 15) is 4.79 Å². The summed E-state index contributed by atoms with van der Waals surface area (Å²) in [7, 11) is 0. The molecule has 1 aliphatic heterocycles. The number of nitrogens with two attached hydrogens (primary N) is 1. The van der Waals surface area contributed by atoms with Crippen LogP contribution in [0.25, 0.3) is 0 Å². The van der Waals surface area contributed by atoms with E-state index in [1.54, 1.807) is 18.2 Å². The van der Waals surface area contributed by atoms with Gasteiger partial charge in [-0.2, -0.15) is 0 Å². The minimum Gasteiger partial charge on any atom is -0.399 e. The van der Waals surface area contributed by atoms with Crippen molar-refractivity contribution in [1.82, 2.24) is 4.90 Å². The van der Waals surface area contributed by atoms with Crippen LogP contribution in [-0.2, 0) is 9.53 Å². The van der Waals surface area contributed by atoms with Gasteiger partial charge in [0.25, 0.3) is 0 Å². The summed E-state index contributed by atoms with van der Waals surface area (Å²) >= 11 is 6.12. The van der Waals surface area contributed by atoms with Gasteiger partial charge in [0.2, 0.25) is 5.91 Å². The van der Waals surface area contributed by atoms with Crippen molar-refractivity contribution < 1.29 is 9.53 Å². The van der Waals surface area contributed by atoms with Crippen molar-refractivity contribution >= 4 is 28.9 Å². The molecule has 5 nitrogen and oxygen atoms in total. The van der Waals surface area contributed by atoms with E-state index in [2.05, 4.69) is 10.2 Å². The lowest BCUT2D eigenvalue weighted by Gasteiger charge is -2.35. The van der Waals surface area contributed by atoms with Crippen LogP contribution in [-0.4, -0.2) is 43.2 Å². The summed E-state index contributed by atoms with van der Waals surface area (Å²) in [5.41, 5.74) is 6.83. The predicted molar refractivity (Wildman–Crippen MR) is 85.5 cm³/mol. The maximum Gasteiger partial charge on any atom is 0.242 e. The maximum atomic E-state index is 12.6. The van der Waals surface area contributed by atoms with Crippen molar-refractivity contribution in [2.24, 2.45) is 5.92 Å². The molecule has 0 aromatic heterocycles. The molecule has 6 heteroatoms. The Labute approximate surface area is 130 Å². The van der Waals surface area contributed by atoms with Gasteiger partial charge in [-0.15, -0.1) is 0 Å². The monoisotopic (exact) mass is 311 g/mol. The molecule has 0 saturated carbocycles. The number of hydrogen-bond acceptors (Lipinski definition) is 4. The fourth-order valence-corrected chi connectivity index (χ4v) is 2.82. The molecule has 1 atom stereocenters. The van der Waals surface area contributed by atoms with Crippen molar-refractivity contribution in [1.29, 1.82) is 0 Å². The predicted octanol–water partition coefficient (Wildman–Crippen LogP) is 2.22. The molecule has 1 saturated heterocycles. The number of nitrogen functional groups attached to an aromatic ring is 1. The zero-order valence-corrected chi connectivity index (χ0v) is 13.2. The van der Waals surface area contributed by atoms with Gasteiger partial charge in [-0.05, 0) is 24.1 Å². The molecule has 0 bridgehead atoms. The molecule has 1 unspecified atom stereocenters. The molecule has 0 aliphatic carbocycles. The highest BCUT2D eigenvalue weighted by atomic mass is 35.5. The van der Waals surface area contributed by atoms with Crippen molar-refractivity contribution in [3.63, 3.8) is 0 Å². The molecular formula is C15H22ClN3O2. The van der Waals surface area contributed by atoms with Gasteiger partial charge in [-0.3, -0.25) is 9.69 Å². The Morgan fingerprint density at radius 2 is 2.05 bits per heavy atom. The van der Waals surface area contributed by atoms with Crippen molar-refractivity contribution in [2.45, 2.75) is 19.9 Å². The second-order valence-electron chi connectivity index (χ2n) is 5.57. The molecule has 1 amide bonds. The zero-order chi connectivity index (χ0) is 15.4. The van der Waals surface area contributed by atoms with Crippen molar-refractivity contribution in [3.8, 4) is 0 Å². The zero-order valence-electron chi connectivity index (χ0n) is 12.4. The van der Waals surface area contributed by atoms with Crippen LogP contribution < -0.4 is 11.1 Å². The Morgan fingerprint density at radius 3 is 2.62 bits per heavy atom. The first-order chi connectivity index (χ1) is 9.99.